The molecule has 3 unspecified atom stereocenters. The lowest BCUT2D eigenvalue weighted by Crippen LogP contribution is -2.36. The lowest BCUT2D eigenvalue weighted by Gasteiger charge is -2.32. The van der Waals surface area contributed by atoms with Crippen molar-refractivity contribution in [3.8, 4) is 12.3 Å². The Kier molecular flexibility index (Phi) is 6.45. The lowest BCUT2D eigenvalue weighted by atomic mass is 9.77. The summed E-state index contributed by atoms with van der Waals surface area (Å²) in [5, 5.41) is 10.3. The quantitative estimate of drug-likeness (QED) is 0.513. The maximum absolute atomic E-state index is 10.3. The van der Waals surface area contributed by atoms with Gasteiger partial charge in [-0.15, -0.1) is 6.42 Å². The normalized spacial score (nSPS) is 18.2. The Morgan fingerprint density at radius 1 is 1.44 bits per heavy atom. The molecule has 1 N–H and O–H groups in total. The van der Waals surface area contributed by atoms with Crippen LogP contribution >= 0.6 is 0 Å². The van der Waals surface area contributed by atoms with Gasteiger partial charge in [0.05, 0.1) is 0 Å². The van der Waals surface area contributed by atoms with Crippen molar-refractivity contribution >= 4 is 0 Å². The first kappa shape index (κ1) is 15.3. The van der Waals surface area contributed by atoms with Gasteiger partial charge >= 0.3 is 0 Å². The molecule has 0 aliphatic rings. The Hall–Kier alpha value is -0.740. The van der Waals surface area contributed by atoms with Crippen molar-refractivity contribution in [2.45, 2.75) is 59.0 Å². The van der Waals surface area contributed by atoms with Crippen molar-refractivity contribution in [3.63, 3.8) is 0 Å². The highest BCUT2D eigenvalue weighted by atomic mass is 16.3. The van der Waals surface area contributed by atoms with E-state index in [2.05, 4.69) is 26.3 Å². The van der Waals surface area contributed by atoms with Crippen LogP contribution in [-0.2, 0) is 0 Å². The first-order valence-corrected chi connectivity index (χ1v) is 6.26. The molecule has 0 aromatic carbocycles. The highest BCUT2D eigenvalue weighted by Crippen LogP contribution is 2.32. The van der Waals surface area contributed by atoms with Gasteiger partial charge in [-0.05, 0) is 25.7 Å². The van der Waals surface area contributed by atoms with Crippen LogP contribution in [0.1, 0.15) is 53.4 Å². The van der Waals surface area contributed by atoms with Gasteiger partial charge < -0.3 is 5.11 Å². The molecular weight excluding hydrogens is 196 g/mol. The van der Waals surface area contributed by atoms with E-state index in [1.165, 1.54) is 6.42 Å². The highest BCUT2D eigenvalue weighted by Gasteiger charge is 2.33. The number of terminal acetylenes is 1. The molecule has 0 aromatic rings. The van der Waals surface area contributed by atoms with Crippen molar-refractivity contribution < 1.29 is 5.11 Å². The third-order valence-corrected chi connectivity index (χ3v) is 3.61. The van der Waals surface area contributed by atoms with Crippen LogP contribution in [0.4, 0.5) is 0 Å². The van der Waals surface area contributed by atoms with E-state index >= 15 is 0 Å². The van der Waals surface area contributed by atoms with Crippen LogP contribution in [-0.4, -0.2) is 10.7 Å². The summed E-state index contributed by atoms with van der Waals surface area (Å²) < 4.78 is 0. The number of aliphatic hydroxyl groups is 1. The van der Waals surface area contributed by atoms with Crippen LogP contribution in [0.2, 0.25) is 0 Å². The van der Waals surface area contributed by atoms with E-state index in [4.69, 9.17) is 6.42 Å². The van der Waals surface area contributed by atoms with Crippen molar-refractivity contribution in [2.24, 2.45) is 11.8 Å². The van der Waals surface area contributed by atoms with E-state index in [9.17, 15) is 5.11 Å². The molecule has 0 aromatic heterocycles. The molecule has 0 heterocycles. The molecule has 0 saturated carbocycles. The Labute approximate surface area is 101 Å². The predicted octanol–water partition coefficient (Wildman–Crippen LogP) is 3.78. The van der Waals surface area contributed by atoms with Gasteiger partial charge in [0.2, 0.25) is 0 Å². The average Bonchev–Trinajstić information content (AvgIpc) is 2.27. The molecule has 0 rings (SSSR count). The summed E-state index contributed by atoms with van der Waals surface area (Å²) in [4.78, 5) is 0. The number of hydrogen-bond acceptors (Lipinski definition) is 1. The van der Waals surface area contributed by atoms with Crippen LogP contribution in [0.5, 0.6) is 0 Å². The third-order valence-electron chi connectivity index (χ3n) is 3.61. The Morgan fingerprint density at radius 3 is 2.31 bits per heavy atom. The van der Waals surface area contributed by atoms with Crippen LogP contribution in [0.3, 0.4) is 0 Å². The SMILES string of the molecule is C#CC(O)(CC)C(CCC(C)CC)C(=C)C. The van der Waals surface area contributed by atoms with Gasteiger partial charge in [-0.2, -0.15) is 0 Å². The second kappa shape index (κ2) is 6.76. The molecule has 0 amide bonds. The zero-order chi connectivity index (χ0) is 12.8. The molecule has 92 valence electrons. The molecule has 0 fully saturated rings. The van der Waals surface area contributed by atoms with E-state index in [0.717, 1.165) is 18.4 Å². The van der Waals surface area contributed by atoms with E-state index in [-0.39, 0.29) is 5.92 Å². The maximum atomic E-state index is 10.3. The minimum Gasteiger partial charge on any atom is -0.377 e. The summed E-state index contributed by atoms with van der Waals surface area (Å²) >= 11 is 0. The van der Waals surface area contributed by atoms with Crippen molar-refractivity contribution in [2.75, 3.05) is 0 Å². The highest BCUT2D eigenvalue weighted by molar-refractivity contribution is 5.18. The minimum absolute atomic E-state index is 0.0245. The standard InChI is InChI=1S/C15H26O/c1-7-13(6)10-11-14(12(4)5)15(16,8-2)9-3/h2,13-14,16H,4,7,9-11H2,1,3,5-6H3. The molecule has 1 heteroatoms. The zero-order valence-electron chi connectivity index (χ0n) is 11.2. The second-order valence-electron chi connectivity index (χ2n) is 4.91. The van der Waals surface area contributed by atoms with Gasteiger partial charge in [0, 0.05) is 5.92 Å². The zero-order valence-corrected chi connectivity index (χ0v) is 11.2. The summed E-state index contributed by atoms with van der Waals surface area (Å²) in [5.74, 6) is 3.25. The fraction of sp³-hybridized carbons (Fsp3) is 0.733. The number of hydrogen-bond donors (Lipinski definition) is 1. The topological polar surface area (TPSA) is 20.2 Å². The maximum Gasteiger partial charge on any atom is 0.131 e. The molecule has 0 bridgehead atoms. The first-order chi connectivity index (χ1) is 7.41. The molecule has 16 heavy (non-hydrogen) atoms. The van der Waals surface area contributed by atoms with E-state index in [0.29, 0.717) is 12.3 Å². The summed E-state index contributed by atoms with van der Waals surface area (Å²) in [6.07, 6.45) is 9.23. The molecule has 0 spiro atoms. The smallest absolute Gasteiger partial charge is 0.131 e. The average molecular weight is 222 g/mol. The molecular formula is C15H26O. The summed E-state index contributed by atoms with van der Waals surface area (Å²) in [7, 11) is 0. The van der Waals surface area contributed by atoms with Gasteiger partial charge in [0.15, 0.2) is 0 Å². The van der Waals surface area contributed by atoms with Gasteiger partial charge in [-0.1, -0.05) is 51.7 Å². The monoisotopic (exact) mass is 222 g/mol. The Balaban J connectivity index is 4.63. The third kappa shape index (κ3) is 4.02. The molecule has 0 saturated heterocycles. The Bertz CT molecular complexity index is 261. The Morgan fingerprint density at radius 2 is 2.00 bits per heavy atom. The fourth-order valence-electron chi connectivity index (χ4n) is 2.00. The lowest BCUT2D eigenvalue weighted by molar-refractivity contribution is 0.0434. The van der Waals surface area contributed by atoms with E-state index in [1.807, 2.05) is 13.8 Å². The predicted molar refractivity (Wildman–Crippen MR) is 71.1 cm³/mol. The van der Waals surface area contributed by atoms with Crippen LogP contribution in [0.25, 0.3) is 0 Å². The largest absolute Gasteiger partial charge is 0.377 e. The van der Waals surface area contributed by atoms with Crippen molar-refractivity contribution in [3.05, 3.63) is 12.2 Å². The second-order valence-corrected chi connectivity index (χ2v) is 4.91. The van der Waals surface area contributed by atoms with Crippen molar-refractivity contribution in [1.29, 1.82) is 0 Å². The molecule has 0 aliphatic carbocycles. The molecule has 1 nitrogen and oxygen atoms in total. The van der Waals surface area contributed by atoms with Gasteiger partial charge in [-0.25, -0.2) is 0 Å². The fourth-order valence-corrected chi connectivity index (χ4v) is 2.00. The number of rotatable bonds is 7. The van der Waals surface area contributed by atoms with Gasteiger partial charge in [0.25, 0.3) is 0 Å². The summed E-state index contributed by atoms with van der Waals surface area (Å²) in [6, 6.07) is 0. The van der Waals surface area contributed by atoms with Gasteiger partial charge in [0.1, 0.15) is 5.60 Å². The van der Waals surface area contributed by atoms with Crippen LogP contribution in [0, 0.1) is 24.2 Å². The van der Waals surface area contributed by atoms with Gasteiger partial charge in [-0.3, -0.25) is 0 Å². The van der Waals surface area contributed by atoms with Crippen LogP contribution in [0.15, 0.2) is 12.2 Å². The summed E-state index contributed by atoms with van der Waals surface area (Å²) in [5.41, 5.74) is -0.0233. The first-order valence-electron chi connectivity index (χ1n) is 6.26. The van der Waals surface area contributed by atoms with Crippen molar-refractivity contribution in [1.82, 2.24) is 0 Å². The minimum atomic E-state index is -1.01. The summed E-state index contributed by atoms with van der Waals surface area (Å²) in [6.45, 7) is 12.3. The van der Waals surface area contributed by atoms with E-state index < -0.39 is 5.60 Å². The molecule has 0 radical (unpaired) electrons. The van der Waals surface area contributed by atoms with Crippen LogP contribution < -0.4 is 0 Å². The van der Waals surface area contributed by atoms with E-state index in [1.54, 1.807) is 0 Å². The molecule has 0 aliphatic heterocycles. The molecule has 3 atom stereocenters.